The summed E-state index contributed by atoms with van der Waals surface area (Å²) in [6.45, 7) is 0. The van der Waals surface area contributed by atoms with Crippen molar-refractivity contribution in [3.63, 3.8) is 0 Å². The smallest absolute Gasteiger partial charge is 0.283 e. The van der Waals surface area contributed by atoms with Crippen molar-refractivity contribution in [1.82, 2.24) is 9.19 Å². The van der Waals surface area contributed by atoms with Gasteiger partial charge in [0.25, 0.3) is 10.0 Å². The highest BCUT2D eigenvalue weighted by atomic mass is 35.5. The second-order valence-electron chi connectivity index (χ2n) is 6.88. The molecule has 6 nitrogen and oxygen atoms in total. The molecule has 32 heavy (non-hydrogen) atoms. The van der Waals surface area contributed by atoms with E-state index in [9.17, 15) is 22.0 Å². The summed E-state index contributed by atoms with van der Waals surface area (Å²) in [5.41, 5.74) is 0.384. The number of ether oxygens (including phenoxy) is 1. The number of fused-ring (bicyclic) bond motifs is 1. The van der Waals surface area contributed by atoms with E-state index in [0.29, 0.717) is 10.9 Å². The summed E-state index contributed by atoms with van der Waals surface area (Å²) in [6.07, 6.45) is 1.13. The number of benzene rings is 3. The maximum absolute atomic E-state index is 14.1. The Morgan fingerprint density at radius 3 is 2.56 bits per heavy atom. The summed E-state index contributed by atoms with van der Waals surface area (Å²) in [5.74, 6) is -2.23. The third-order valence-corrected chi connectivity index (χ3v) is 6.77. The van der Waals surface area contributed by atoms with E-state index in [4.69, 9.17) is 16.3 Å². The monoisotopic (exact) mass is 476 g/mol. The summed E-state index contributed by atoms with van der Waals surface area (Å²) in [6, 6.07) is 11.9. The van der Waals surface area contributed by atoms with Crippen LogP contribution in [0.3, 0.4) is 0 Å². The van der Waals surface area contributed by atoms with Crippen LogP contribution in [0.4, 0.5) is 8.78 Å². The lowest BCUT2D eigenvalue weighted by molar-refractivity contribution is 0.0989. The van der Waals surface area contributed by atoms with E-state index >= 15 is 0 Å². The van der Waals surface area contributed by atoms with Crippen molar-refractivity contribution in [3.05, 3.63) is 88.6 Å². The Hall–Kier alpha value is -3.30. The lowest BCUT2D eigenvalue weighted by Crippen LogP contribution is -2.15. The van der Waals surface area contributed by atoms with E-state index in [-0.39, 0.29) is 33.2 Å². The number of methoxy groups -OCH3 is 1. The fourth-order valence-corrected chi connectivity index (χ4v) is 4.84. The molecule has 1 aromatic heterocycles. The van der Waals surface area contributed by atoms with Crippen LogP contribution < -0.4 is 4.74 Å². The number of ketones is 1. The highest BCUT2D eigenvalue weighted by Gasteiger charge is 2.23. The molecule has 10 heteroatoms. The zero-order valence-electron chi connectivity index (χ0n) is 16.6. The number of halogens is 3. The van der Waals surface area contributed by atoms with Crippen LogP contribution in [0.2, 0.25) is 5.02 Å². The molecule has 0 spiro atoms. The minimum Gasteiger partial charge on any atom is -0.494 e. The van der Waals surface area contributed by atoms with Crippen molar-refractivity contribution in [1.29, 1.82) is 0 Å². The minimum absolute atomic E-state index is 0.00905. The van der Waals surface area contributed by atoms with Gasteiger partial charge in [-0.3, -0.25) is 4.79 Å². The normalized spacial score (nSPS) is 11.6. The molecule has 0 amide bonds. The molecule has 0 fully saturated rings. The lowest BCUT2D eigenvalue weighted by atomic mass is 10.0. The maximum Gasteiger partial charge on any atom is 0.283 e. The molecule has 1 heterocycles. The number of rotatable bonds is 6. The van der Waals surface area contributed by atoms with Gasteiger partial charge in [-0.25, -0.2) is 8.78 Å². The molecule has 0 aliphatic carbocycles. The second-order valence-corrected chi connectivity index (χ2v) is 9.05. The molecule has 4 rings (SSSR count). The highest BCUT2D eigenvalue weighted by molar-refractivity contribution is 7.90. The average molecular weight is 477 g/mol. The van der Waals surface area contributed by atoms with Crippen LogP contribution in [-0.4, -0.2) is 30.5 Å². The van der Waals surface area contributed by atoms with Gasteiger partial charge in [-0.1, -0.05) is 29.8 Å². The van der Waals surface area contributed by atoms with Crippen molar-refractivity contribution in [2.75, 3.05) is 7.11 Å². The van der Waals surface area contributed by atoms with E-state index < -0.39 is 27.4 Å². The van der Waals surface area contributed by atoms with E-state index in [1.165, 1.54) is 43.6 Å². The number of carbonyl (C=O) groups excluding carboxylic acids is 1. The molecule has 0 saturated carbocycles. The maximum atomic E-state index is 14.1. The van der Waals surface area contributed by atoms with Crippen molar-refractivity contribution in [3.8, 4) is 5.75 Å². The van der Waals surface area contributed by atoms with E-state index in [1.54, 1.807) is 12.1 Å². The Balaban J connectivity index is 1.73. The molecule has 0 bridgehead atoms. The van der Waals surface area contributed by atoms with Gasteiger partial charge in [0.15, 0.2) is 17.3 Å². The fraction of sp³-hybridized carbons (Fsp3) is 0.0909. The van der Waals surface area contributed by atoms with E-state index in [1.807, 2.05) is 0 Å². The first kappa shape index (κ1) is 21.9. The standard InChI is InChI=1S/C22H15ClF2N2O4S/c1-31-21-8-7-15(11-18(21)25)32(29,30)27-19-9-13(5-6-14(19)12-26-27)10-20(28)22-16(23)3-2-4-17(22)24/h2-9,11-12H,10H2,1H3. The third kappa shape index (κ3) is 3.85. The summed E-state index contributed by atoms with van der Waals surface area (Å²) >= 11 is 5.96. The Morgan fingerprint density at radius 1 is 1.09 bits per heavy atom. The van der Waals surface area contributed by atoms with Gasteiger partial charge >= 0.3 is 0 Å². The van der Waals surface area contributed by atoms with Crippen LogP contribution in [-0.2, 0) is 16.4 Å². The van der Waals surface area contributed by atoms with Gasteiger partial charge in [-0.15, -0.1) is 0 Å². The zero-order valence-corrected chi connectivity index (χ0v) is 18.1. The van der Waals surface area contributed by atoms with Gasteiger partial charge in [0.1, 0.15) is 5.82 Å². The number of hydrogen-bond donors (Lipinski definition) is 0. The van der Waals surface area contributed by atoms with Crippen molar-refractivity contribution < 1.29 is 26.7 Å². The summed E-state index contributed by atoms with van der Waals surface area (Å²) in [4.78, 5) is 12.3. The molecular weight excluding hydrogens is 462 g/mol. The quantitative estimate of drug-likeness (QED) is 0.379. The topological polar surface area (TPSA) is 78.3 Å². The number of aromatic nitrogens is 2. The predicted octanol–water partition coefficient (Wildman–Crippen LogP) is 4.64. The molecule has 0 unspecified atom stereocenters. The Bertz CT molecular complexity index is 1450. The van der Waals surface area contributed by atoms with Crippen LogP contribution >= 0.6 is 11.6 Å². The van der Waals surface area contributed by atoms with Crippen LogP contribution in [0.5, 0.6) is 5.75 Å². The minimum atomic E-state index is -4.24. The first-order valence-corrected chi connectivity index (χ1v) is 11.1. The number of nitrogens with zero attached hydrogens (tertiary/aromatic N) is 2. The molecule has 0 N–H and O–H groups in total. The van der Waals surface area contributed by atoms with Gasteiger partial charge < -0.3 is 4.74 Å². The Kier molecular flexibility index (Phi) is 5.70. The van der Waals surface area contributed by atoms with E-state index in [2.05, 4.69) is 5.10 Å². The SMILES string of the molecule is COc1ccc(S(=O)(=O)n2ncc3ccc(CC(=O)c4c(F)cccc4Cl)cc32)cc1F. The molecule has 0 aliphatic rings. The van der Waals surface area contributed by atoms with Gasteiger partial charge in [0.2, 0.25) is 0 Å². The number of Topliss-reactive ketones (excluding diaryl/α,β-unsaturated/α-hetero) is 1. The largest absolute Gasteiger partial charge is 0.494 e. The third-order valence-electron chi connectivity index (χ3n) is 4.86. The second kappa shape index (κ2) is 8.33. The highest BCUT2D eigenvalue weighted by Crippen LogP contribution is 2.26. The van der Waals surface area contributed by atoms with Crippen LogP contribution in [0.15, 0.2) is 65.7 Å². The molecule has 164 valence electrons. The number of hydrogen-bond acceptors (Lipinski definition) is 5. The van der Waals surface area contributed by atoms with E-state index in [0.717, 1.165) is 16.2 Å². The first-order chi connectivity index (χ1) is 15.2. The van der Waals surface area contributed by atoms with Crippen molar-refractivity contribution in [2.24, 2.45) is 0 Å². The molecule has 4 aromatic rings. The fourth-order valence-electron chi connectivity index (χ4n) is 3.29. The van der Waals surface area contributed by atoms with Crippen molar-refractivity contribution >= 4 is 38.3 Å². The molecular formula is C22H15ClF2N2O4S. The van der Waals surface area contributed by atoms with Gasteiger partial charge in [0, 0.05) is 11.8 Å². The zero-order chi connectivity index (χ0) is 23.0. The Morgan fingerprint density at radius 2 is 1.88 bits per heavy atom. The molecule has 0 aliphatic heterocycles. The van der Waals surface area contributed by atoms with Crippen LogP contribution in [0.25, 0.3) is 10.9 Å². The molecule has 0 saturated heterocycles. The Labute approximate surface area is 187 Å². The first-order valence-electron chi connectivity index (χ1n) is 9.25. The lowest BCUT2D eigenvalue weighted by Gasteiger charge is -2.09. The molecule has 3 aromatic carbocycles. The van der Waals surface area contributed by atoms with Crippen LogP contribution in [0, 0.1) is 11.6 Å². The van der Waals surface area contributed by atoms with Gasteiger partial charge in [0.05, 0.1) is 34.3 Å². The summed E-state index contributed by atoms with van der Waals surface area (Å²) < 4.78 is 59.8. The van der Waals surface area contributed by atoms with Gasteiger partial charge in [-0.2, -0.15) is 17.6 Å². The summed E-state index contributed by atoms with van der Waals surface area (Å²) in [7, 11) is -2.97. The predicted molar refractivity (Wildman–Crippen MR) is 115 cm³/mol. The van der Waals surface area contributed by atoms with Crippen molar-refractivity contribution in [2.45, 2.75) is 11.3 Å². The number of carbonyl (C=O) groups is 1. The van der Waals surface area contributed by atoms with Gasteiger partial charge in [-0.05, 0) is 42.0 Å². The van der Waals surface area contributed by atoms with Crippen LogP contribution in [0.1, 0.15) is 15.9 Å². The average Bonchev–Trinajstić information content (AvgIpc) is 3.17. The summed E-state index contributed by atoms with van der Waals surface area (Å²) in [5, 5.41) is 4.41. The molecule has 0 radical (unpaired) electrons. The molecule has 0 atom stereocenters.